The quantitative estimate of drug-likeness (QED) is 0.539. The second kappa shape index (κ2) is 8.38. The summed E-state index contributed by atoms with van der Waals surface area (Å²) in [6, 6.07) is 9.19. The molecule has 0 amide bonds. The third kappa shape index (κ3) is 5.34. The fraction of sp³-hybridized carbons (Fsp3) is 0.562. The van der Waals surface area contributed by atoms with E-state index in [0.717, 1.165) is 6.42 Å². The van der Waals surface area contributed by atoms with Crippen LogP contribution < -0.4 is 0 Å². The zero-order chi connectivity index (χ0) is 11.6. The summed E-state index contributed by atoms with van der Waals surface area (Å²) in [5.74, 6) is 0. The molecule has 0 saturated heterocycles. The van der Waals surface area contributed by atoms with Crippen LogP contribution in [0.3, 0.4) is 0 Å². The largest absolute Gasteiger partial charge is 0.0654 e. The Kier molecular flexibility index (Phi) is 6.96. The van der Waals surface area contributed by atoms with Crippen molar-refractivity contribution in [3.05, 3.63) is 42.3 Å². The zero-order valence-corrected chi connectivity index (χ0v) is 10.7. The first-order valence-corrected chi connectivity index (χ1v) is 6.74. The minimum Gasteiger partial charge on any atom is -0.0654 e. The van der Waals surface area contributed by atoms with Gasteiger partial charge in [-0.1, -0.05) is 63.8 Å². The van der Waals surface area contributed by atoms with Crippen LogP contribution in [0.1, 0.15) is 56.6 Å². The van der Waals surface area contributed by atoms with Crippen molar-refractivity contribution in [3.8, 4) is 0 Å². The van der Waals surface area contributed by atoms with Gasteiger partial charge in [0.2, 0.25) is 0 Å². The summed E-state index contributed by atoms with van der Waals surface area (Å²) in [5.41, 5.74) is 2.97. The summed E-state index contributed by atoms with van der Waals surface area (Å²) < 4.78 is 0. The van der Waals surface area contributed by atoms with Crippen LogP contribution >= 0.6 is 0 Å². The Morgan fingerprint density at radius 2 is 1.31 bits per heavy atom. The van der Waals surface area contributed by atoms with Gasteiger partial charge in [-0.3, -0.25) is 0 Å². The van der Waals surface area contributed by atoms with Gasteiger partial charge >= 0.3 is 0 Å². The van der Waals surface area contributed by atoms with Crippen LogP contribution in [-0.4, -0.2) is 0 Å². The van der Waals surface area contributed by atoms with Crippen LogP contribution in [0.25, 0.3) is 0 Å². The molecule has 0 nitrogen and oxygen atoms in total. The Bertz CT molecular complexity index is 229. The molecule has 0 aliphatic heterocycles. The third-order valence-corrected chi connectivity index (χ3v) is 3.06. The molecule has 1 aromatic carbocycles. The highest BCUT2D eigenvalue weighted by Crippen LogP contribution is 2.11. The van der Waals surface area contributed by atoms with Crippen LogP contribution in [-0.2, 0) is 12.8 Å². The smallest absolute Gasteiger partial charge is 0.0279 e. The molecule has 0 unspecified atom stereocenters. The van der Waals surface area contributed by atoms with Crippen LogP contribution in [0.5, 0.6) is 0 Å². The Morgan fingerprint density at radius 3 is 1.75 bits per heavy atom. The normalized spacial score (nSPS) is 10.6. The second-order valence-electron chi connectivity index (χ2n) is 4.58. The molecule has 0 saturated carbocycles. The van der Waals surface area contributed by atoms with E-state index in [1.165, 1.54) is 56.1 Å². The van der Waals surface area contributed by atoms with E-state index in [0.29, 0.717) is 0 Å². The molecule has 1 aromatic rings. The standard InChI is InChI=1S/C16H25/c1-3-5-7-9-15-11-13-16(14-12-15)10-8-6-4-2/h11-14H,1,3-10H2,2H3. The Labute approximate surface area is 101 Å². The summed E-state index contributed by atoms with van der Waals surface area (Å²) in [5, 5.41) is 0. The van der Waals surface area contributed by atoms with Gasteiger partial charge in [0.05, 0.1) is 0 Å². The maximum atomic E-state index is 3.87. The van der Waals surface area contributed by atoms with Crippen LogP contribution in [0.4, 0.5) is 0 Å². The topological polar surface area (TPSA) is 0 Å². The number of hydrogen-bond donors (Lipinski definition) is 0. The van der Waals surface area contributed by atoms with Gasteiger partial charge in [-0.05, 0) is 36.8 Å². The third-order valence-electron chi connectivity index (χ3n) is 3.06. The summed E-state index contributed by atoms with van der Waals surface area (Å²) in [6.45, 7) is 6.13. The first-order chi connectivity index (χ1) is 7.86. The molecule has 0 spiro atoms. The molecule has 0 N–H and O–H groups in total. The second-order valence-corrected chi connectivity index (χ2v) is 4.58. The molecular formula is C16H25. The Balaban J connectivity index is 2.30. The maximum absolute atomic E-state index is 3.87. The lowest BCUT2D eigenvalue weighted by atomic mass is 10.0. The maximum Gasteiger partial charge on any atom is -0.0279 e. The Hall–Kier alpha value is -0.780. The highest BCUT2D eigenvalue weighted by molar-refractivity contribution is 5.22. The lowest BCUT2D eigenvalue weighted by molar-refractivity contribution is 0.716. The fourth-order valence-corrected chi connectivity index (χ4v) is 1.96. The van der Waals surface area contributed by atoms with E-state index >= 15 is 0 Å². The van der Waals surface area contributed by atoms with Gasteiger partial charge in [0.1, 0.15) is 0 Å². The summed E-state index contributed by atoms with van der Waals surface area (Å²) in [6.07, 6.45) is 10.0. The van der Waals surface area contributed by atoms with Gasteiger partial charge < -0.3 is 0 Å². The lowest BCUT2D eigenvalue weighted by Gasteiger charge is -2.04. The van der Waals surface area contributed by atoms with Gasteiger partial charge in [0.15, 0.2) is 0 Å². The van der Waals surface area contributed by atoms with Crippen LogP contribution in [0, 0.1) is 6.92 Å². The minimum atomic E-state index is 1.06. The molecule has 16 heavy (non-hydrogen) atoms. The summed E-state index contributed by atoms with van der Waals surface area (Å²) in [7, 11) is 0. The molecule has 0 bridgehead atoms. The number of benzene rings is 1. The zero-order valence-electron chi connectivity index (χ0n) is 10.7. The van der Waals surface area contributed by atoms with E-state index in [4.69, 9.17) is 0 Å². The predicted octanol–water partition coefficient (Wildman–Crippen LogP) is 4.97. The molecule has 1 radical (unpaired) electrons. The Morgan fingerprint density at radius 1 is 0.812 bits per heavy atom. The van der Waals surface area contributed by atoms with Crippen LogP contribution in [0.15, 0.2) is 24.3 Å². The molecule has 1 rings (SSSR count). The van der Waals surface area contributed by atoms with E-state index in [9.17, 15) is 0 Å². The van der Waals surface area contributed by atoms with Crippen molar-refractivity contribution in [2.75, 3.05) is 0 Å². The first-order valence-electron chi connectivity index (χ1n) is 6.74. The fourth-order valence-electron chi connectivity index (χ4n) is 1.96. The molecule has 89 valence electrons. The van der Waals surface area contributed by atoms with E-state index in [-0.39, 0.29) is 0 Å². The molecule has 0 fully saturated rings. The van der Waals surface area contributed by atoms with Gasteiger partial charge in [0.25, 0.3) is 0 Å². The van der Waals surface area contributed by atoms with Crippen molar-refractivity contribution in [2.24, 2.45) is 0 Å². The highest BCUT2D eigenvalue weighted by Gasteiger charge is 1.95. The number of rotatable bonds is 8. The van der Waals surface area contributed by atoms with Crippen molar-refractivity contribution in [1.82, 2.24) is 0 Å². The molecule has 0 aliphatic carbocycles. The first kappa shape index (κ1) is 13.3. The molecule has 0 atom stereocenters. The van der Waals surface area contributed by atoms with Crippen molar-refractivity contribution >= 4 is 0 Å². The number of aryl methyl sites for hydroxylation is 2. The van der Waals surface area contributed by atoms with Crippen molar-refractivity contribution in [2.45, 2.75) is 58.3 Å². The van der Waals surface area contributed by atoms with Crippen molar-refractivity contribution in [3.63, 3.8) is 0 Å². The van der Waals surface area contributed by atoms with Crippen molar-refractivity contribution < 1.29 is 0 Å². The average Bonchev–Trinajstić information content (AvgIpc) is 2.32. The monoisotopic (exact) mass is 217 g/mol. The molecule has 0 aliphatic rings. The summed E-state index contributed by atoms with van der Waals surface area (Å²) in [4.78, 5) is 0. The SMILES string of the molecule is [CH2]CCCCc1ccc(CCCCC)cc1. The van der Waals surface area contributed by atoms with E-state index < -0.39 is 0 Å². The summed E-state index contributed by atoms with van der Waals surface area (Å²) >= 11 is 0. The van der Waals surface area contributed by atoms with Gasteiger partial charge in [-0.15, -0.1) is 0 Å². The van der Waals surface area contributed by atoms with E-state index in [1.807, 2.05) is 0 Å². The van der Waals surface area contributed by atoms with E-state index in [1.54, 1.807) is 0 Å². The van der Waals surface area contributed by atoms with Gasteiger partial charge in [-0.2, -0.15) is 0 Å². The number of unbranched alkanes of at least 4 members (excludes halogenated alkanes) is 4. The predicted molar refractivity (Wildman–Crippen MR) is 72.6 cm³/mol. The molecule has 0 heterocycles. The lowest BCUT2D eigenvalue weighted by Crippen LogP contribution is -1.89. The highest BCUT2D eigenvalue weighted by atomic mass is 14.0. The van der Waals surface area contributed by atoms with E-state index in [2.05, 4.69) is 38.1 Å². The van der Waals surface area contributed by atoms with Gasteiger partial charge in [0, 0.05) is 0 Å². The molecule has 0 aromatic heterocycles. The molecular weight excluding hydrogens is 192 g/mol. The minimum absolute atomic E-state index is 1.06. The molecule has 0 heteroatoms. The van der Waals surface area contributed by atoms with Crippen molar-refractivity contribution in [1.29, 1.82) is 0 Å². The average molecular weight is 217 g/mol. The number of hydrogen-bond acceptors (Lipinski definition) is 0. The van der Waals surface area contributed by atoms with Gasteiger partial charge in [-0.25, -0.2) is 0 Å². The van der Waals surface area contributed by atoms with Crippen LogP contribution in [0.2, 0.25) is 0 Å².